The van der Waals surface area contributed by atoms with Crippen LogP contribution in [0.15, 0.2) is 30.3 Å². The first-order valence-electron chi connectivity index (χ1n) is 16.5. The summed E-state index contributed by atoms with van der Waals surface area (Å²) in [6, 6.07) is 6.65. The number of carboxylic acids is 1. The number of hydrogen-bond acceptors (Lipinski definition) is 18. The summed E-state index contributed by atoms with van der Waals surface area (Å²) >= 11 is 0. The molecule has 19 heteroatoms. The number of benzene rings is 2. The summed E-state index contributed by atoms with van der Waals surface area (Å²) in [4.78, 5) is 36.6. The molecule has 2 aromatic rings. The smallest absolute Gasteiger partial charge is 0.308 e. The number of ether oxygens (including phenoxy) is 7. The summed E-state index contributed by atoms with van der Waals surface area (Å²) in [5, 5.41) is 93.6. The van der Waals surface area contributed by atoms with Gasteiger partial charge in [0.15, 0.2) is 29.7 Å². The number of aliphatic hydroxyl groups is 6. The molecule has 1 unspecified atom stereocenters. The predicted octanol–water partition coefficient (Wildman–Crippen LogP) is -0.990. The van der Waals surface area contributed by atoms with Gasteiger partial charge in [0.1, 0.15) is 72.1 Å². The highest BCUT2D eigenvalue weighted by Gasteiger charge is 2.51. The van der Waals surface area contributed by atoms with Gasteiger partial charge in [-0.1, -0.05) is 6.07 Å². The Bertz CT molecular complexity index is 1660. The lowest BCUT2D eigenvalue weighted by atomic mass is 9.95. The number of ketones is 1. The SMILES string of the molecule is COc1ccc([C@@H]2CC(=O)c3c(O)cc(O[C@@H]4O[C@H](COC(=O)CC(C)(O)CC(=O)O)[C@@H](O)[C@H](O)[C@H]4O[C@H]4O[C@H](C)[C@@H](O)[C@H](O)[C@@H]4O)cc3O2)cc1O. The van der Waals surface area contributed by atoms with Crippen molar-refractivity contribution in [1.82, 2.24) is 0 Å². The molecule has 0 saturated carbocycles. The highest BCUT2D eigenvalue weighted by molar-refractivity contribution is 6.02. The second kappa shape index (κ2) is 16.0. The number of carbonyl (C=O) groups excluding carboxylic acids is 2. The molecule has 3 heterocycles. The molecule has 12 atom stereocenters. The number of phenols is 2. The lowest BCUT2D eigenvalue weighted by molar-refractivity contribution is -0.354. The Morgan fingerprint density at radius 1 is 0.906 bits per heavy atom. The van der Waals surface area contributed by atoms with Crippen molar-refractivity contribution in [3.63, 3.8) is 0 Å². The van der Waals surface area contributed by atoms with Gasteiger partial charge in [-0.2, -0.15) is 0 Å². The van der Waals surface area contributed by atoms with Crippen LogP contribution in [0.1, 0.15) is 55.1 Å². The predicted molar refractivity (Wildman–Crippen MR) is 172 cm³/mol. The molecule has 53 heavy (non-hydrogen) atoms. The molecule has 0 amide bonds. The van der Waals surface area contributed by atoms with Crippen molar-refractivity contribution in [2.24, 2.45) is 0 Å². The number of carbonyl (C=O) groups is 3. The van der Waals surface area contributed by atoms with Gasteiger partial charge in [0.25, 0.3) is 0 Å². The zero-order valence-corrected chi connectivity index (χ0v) is 28.7. The highest BCUT2D eigenvalue weighted by Crippen LogP contribution is 2.44. The molecular formula is C34H42O19. The molecule has 2 fully saturated rings. The quantitative estimate of drug-likeness (QED) is 0.118. The van der Waals surface area contributed by atoms with Gasteiger partial charge >= 0.3 is 11.9 Å². The third-order valence-electron chi connectivity index (χ3n) is 9.01. The normalized spacial score (nSPS) is 32.5. The summed E-state index contributed by atoms with van der Waals surface area (Å²) in [7, 11) is 1.37. The molecule has 9 N–H and O–H groups in total. The molecule has 5 rings (SSSR count). The van der Waals surface area contributed by atoms with E-state index in [1.807, 2.05) is 0 Å². The van der Waals surface area contributed by atoms with Crippen LogP contribution in [0.5, 0.6) is 28.7 Å². The summed E-state index contributed by atoms with van der Waals surface area (Å²) in [6.07, 6.45) is -19.4. The number of esters is 1. The molecule has 19 nitrogen and oxygen atoms in total. The number of rotatable bonds is 12. The fourth-order valence-electron chi connectivity index (χ4n) is 6.20. The average Bonchev–Trinajstić information content (AvgIpc) is 3.07. The van der Waals surface area contributed by atoms with Crippen LogP contribution in [0.2, 0.25) is 0 Å². The summed E-state index contributed by atoms with van der Waals surface area (Å²) in [5.41, 5.74) is -1.74. The average molecular weight is 755 g/mol. The maximum absolute atomic E-state index is 13.1. The maximum atomic E-state index is 13.1. The van der Waals surface area contributed by atoms with Gasteiger partial charge in [-0.05, 0) is 31.5 Å². The van der Waals surface area contributed by atoms with Crippen molar-refractivity contribution in [1.29, 1.82) is 0 Å². The van der Waals surface area contributed by atoms with Gasteiger partial charge in [-0.15, -0.1) is 0 Å². The summed E-state index contributed by atoms with van der Waals surface area (Å²) in [5.74, 6) is -3.91. The number of aliphatic carboxylic acids is 1. The van der Waals surface area contributed by atoms with Crippen molar-refractivity contribution in [3.05, 3.63) is 41.5 Å². The number of phenolic OH excluding ortho intramolecular Hbond substituents is 2. The van der Waals surface area contributed by atoms with Gasteiger partial charge in [0, 0.05) is 12.1 Å². The fraction of sp³-hybridized carbons (Fsp3) is 0.559. The molecule has 292 valence electrons. The molecule has 0 radical (unpaired) electrons. The Morgan fingerprint density at radius 3 is 2.28 bits per heavy atom. The van der Waals surface area contributed by atoms with Crippen molar-refractivity contribution >= 4 is 17.7 Å². The molecule has 2 saturated heterocycles. The van der Waals surface area contributed by atoms with E-state index >= 15 is 0 Å². The maximum Gasteiger partial charge on any atom is 0.308 e. The number of aliphatic hydroxyl groups excluding tert-OH is 5. The molecule has 2 aromatic carbocycles. The largest absolute Gasteiger partial charge is 0.507 e. The van der Waals surface area contributed by atoms with E-state index in [4.69, 9.17) is 38.3 Å². The van der Waals surface area contributed by atoms with Crippen molar-refractivity contribution in [3.8, 4) is 28.7 Å². The van der Waals surface area contributed by atoms with E-state index in [9.17, 15) is 55.2 Å². The lowest BCUT2D eigenvalue weighted by Gasteiger charge is -2.45. The molecule has 0 bridgehead atoms. The monoisotopic (exact) mass is 754 g/mol. The van der Waals surface area contributed by atoms with Crippen LogP contribution in [-0.2, 0) is 28.5 Å². The molecule has 3 aliphatic heterocycles. The van der Waals surface area contributed by atoms with Crippen LogP contribution in [0.25, 0.3) is 0 Å². The third-order valence-corrected chi connectivity index (χ3v) is 9.01. The Labute approximate surface area is 301 Å². The van der Waals surface area contributed by atoms with Crippen LogP contribution in [0, 0.1) is 0 Å². The molecular weight excluding hydrogens is 712 g/mol. The Balaban J connectivity index is 1.40. The molecule has 0 aromatic heterocycles. The second-order valence-corrected chi connectivity index (χ2v) is 13.3. The van der Waals surface area contributed by atoms with Gasteiger partial charge in [-0.25, -0.2) is 0 Å². The Morgan fingerprint density at radius 2 is 1.62 bits per heavy atom. The summed E-state index contributed by atoms with van der Waals surface area (Å²) in [6.45, 7) is 1.74. The van der Waals surface area contributed by atoms with E-state index in [1.165, 1.54) is 32.2 Å². The number of methoxy groups -OCH3 is 1. The first kappa shape index (κ1) is 39.9. The Kier molecular flexibility index (Phi) is 12.0. The van der Waals surface area contributed by atoms with E-state index < -0.39 is 116 Å². The van der Waals surface area contributed by atoms with E-state index in [0.717, 1.165) is 13.0 Å². The minimum Gasteiger partial charge on any atom is -0.507 e. The van der Waals surface area contributed by atoms with E-state index in [-0.39, 0.29) is 35.0 Å². The minimum absolute atomic E-state index is 0.138. The van der Waals surface area contributed by atoms with Crippen LogP contribution in [0.4, 0.5) is 0 Å². The fourth-order valence-corrected chi connectivity index (χ4v) is 6.20. The van der Waals surface area contributed by atoms with E-state index in [1.54, 1.807) is 6.07 Å². The highest BCUT2D eigenvalue weighted by atomic mass is 16.8. The molecule has 0 spiro atoms. The second-order valence-electron chi connectivity index (χ2n) is 13.3. The van der Waals surface area contributed by atoms with Crippen molar-refractivity contribution in [2.45, 2.75) is 106 Å². The van der Waals surface area contributed by atoms with Gasteiger partial charge in [0.2, 0.25) is 6.29 Å². The third kappa shape index (κ3) is 8.91. The Hall–Kier alpha value is -4.31. The first-order valence-corrected chi connectivity index (χ1v) is 16.5. The van der Waals surface area contributed by atoms with E-state index in [0.29, 0.717) is 5.56 Å². The molecule has 0 aliphatic carbocycles. The first-order chi connectivity index (χ1) is 24.9. The lowest BCUT2D eigenvalue weighted by Crippen LogP contribution is -2.64. The zero-order chi connectivity index (χ0) is 38.9. The topological polar surface area (TPSA) is 298 Å². The summed E-state index contributed by atoms with van der Waals surface area (Å²) < 4.78 is 39.2. The number of aromatic hydroxyl groups is 2. The van der Waals surface area contributed by atoms with Crippen LogP contribution in [0.3, 0.4) is 0 Å². The number of hydrogen-bond donors (Lipinski definition) is 9. The van der Waals surface area contributed by atoms with Crippen LogP contribution >= 0.6 is 0 Å². The number of Topliss-reactive ketones (excluding diaryl/α,β-unsaturated/α-hetero) is 1. The number of carboxylic acid groups (broad SMARTS) is 1. The van der Waals surface area contributed by atoms with Crippen molar-refractivity contribution in [2.75, 3.05) is 13.7 Å². The van der Waals surface area contributed by atoms with E-state index in [2.05, 4.69) is 0 Å². The minimum atomic E-state index is -1.97. The van der Waals surface area contributed by atoms with Gasteiger partial charge < -0.3 is 79.1 Å². The van der Waals surface area contributed by atoms with Gasteiger partial charge in [-0.3, -0.25) is 14.4 Å². The van der Waals surface area contributed by atoms with Gasteiger partial charge in [0.05, 0.1) is 38.1 Å². The van der Waals surface area contributed by atoms with Crippen LogP contribution < -0.4 is 14.2 Å². The standard InChI is InChI=1S/C34H42O19/c1-13-26(41)28(43)30(45)32(49-13)53-31-29(44)27(42)22(12-48-24(40)11-34(2,46)10-23(38)39)52-33(31)50-15-7-17(36)25-18(37)9-20(51-21(25)8-15)14-4-5-19(47-3)16(35)6-14/h4-8,13,20,22,26-33,35-36,41-46H,9-12H2,1-3H3,(H,38,39)/t13-,20+,22-,26-,27-,28+,29+,30+,31-,32-,33-,34?/m1/s1. The number of fused-ring (bicyclic) bond motifs is 1. The van der Waals surface area contributed by atoms with Crippen LogP contribution in [-0.4, -0.2) is 144 Å². The van der Waals surface area contributed by atoms with Crippen molar-refractivity contribution < 1.29 is 93.5 Å². The zero-order valence-electron chi connectivity index (χ0n) is 28.7. The molecule has 3 aliphatic rings.